The highest BCUT2D eigenvalue weighted by Crippen LogP contribution is 2.19. The smallest absolute Gasteiger partial charge is 0.275 e. The van der Waals surface area contributed by atoms with Gasteiger partial charge in [-0.15, -0.1) is 0 Å². The highest BCUT2D eigenvalue weighted by atomic mass is 16.5. The van der Waals surface area contributed by atoms with Crippen LogP contribution in [0, 0.1) is 0 Å². The van der Waals surface area contributed by atoms with E-state index in [0.29, 0.717) is 24.5 Å². The molecule has 5 nitrogen and oxygen atoms in total. The lowest BCUT2D eigenvalue weighted by Crippen LogP contribution is -2.18. The highest BCUT2D eigenvalue weighted by Gasteiger charge is 2.11. The Labute approximate surface area is 193 Å². The van der Waals surface area contributed by atoms with Crippen molar-refractivity contribution < 1.29 is 14.3 Å². The van der Waals surface area contributed by atoms with Crippen LogP contribution in [0.5, 0.6) is 11.5 Å². The van der Waals surface area contributed by atoms with Gasteiger partial charge in [0.2, 0.25) is 0 Å². The van der Waals surface area contributed by atoms with Crippen molar-refractivity contribution in [3.63, 3.8) is 0 Å². The molecule has 4 rings (SSSR count). The van der Waals surface area contributed by atoms with E-state index in [1.165, 1.54) is 0 Å². The quantitative estimate of drug-likeness (QED) is 0.274. The Morgan fingerprint density at radius 2 is 1.27 bits per heavy atom. The third-order valence-corrected chi connectivity index (χ3v) is 4.88. The molecule has 0 fully saturated rings. The molecule has 4 aromatic carbocycles. The molecule has 0 heterocycles. The van der Waals surface area contributed by atoms with Crippen LogP contribution in [-0.4, -0.2) is 12.1 Å². The standard InChI is InChI=1S/C28H24N2O3/c31-28(26-13-7-8-14-27(26)33-21-24-11-5-2-6-12-24)30-29-19-22-15-17-25(18-16-22)32-20-23-9-3-1-4-10-23/h1-19H,20-21H2,(H,30,31)/b29-19+. The topological polar surface area (TPSA) is 59.9 Å². The second-order valence-electron chi connectivity index (χ2n) is 7.31. The predicted octanol–water partition coefficient (Wildman–Crippen LogP) is 5.61. The zero-order chi connectivity index (χ0) is 22.7. The highest BCUT2D eigenvalue weighted by molar-refractivity contribution is 5.97. The lowest BCUT2D eigenvalue weighted by Gasteiger charge is -2.10. The van der Waals surface area contributed by atoms with Gasteiger partial charge in [-0.2, -0.15) is 5.10 Å². The molecule has 0 saturated heterocycles. The van der Waals surface area contributed by atoms with Gasteiger partial charge in [-0.25, -0.2) is 5.43 Å². The van der Waals surface area contributed by atoms with E-state index < -0.39 is 0 Å². The summed E-state index contributed by atoms with van der Waals surface area (Å²) in [7, 11) is 0. The number of hydrazone groups is 1. The summed E-state index contributed by atoms with van der Waals surface area (Å²) in [4.78, 5) is 12.6. The molecule has 0 saturated carbocycles. The second-order valence-corrected chi connectivity index (χ2v) is 7.31. The first-order valence-corrected chi connectivity index (χ1v) is 10.6. The van der Waals surface area contributed by atoms with E-state index >= 15 is 0 Å². The van der Waals surface area contributed by atoms with Crippen molar-refractivity contribution >= 4 is 12.1 Å². The fraction of sp³-hybridized carbons (Fsp3) is 0.0714. The summed E-state index contributed by atoms with van der Waals surface area (Å²) in [5.74, 6) is 0.941. The molecule has 164 valence electrons. The van der Waals surface area contributed by atoms with Crippen LogP contribution in [0.2, 0.25) is 0 Å². The molecule has 0 aliphatic carbocycles. The average Bonchev–Trinajstić information content (AvgIpc) is 2.88. The van der Waals surface area contributed by atoms with E-state index in [9.17, 15) is 4.79 Å². The van der Waals surface area contributed by atoms with E-state index in [1.807, 2.05) is 91.0 Å². The summed E-state index contributed by atoms with van der Waals surface area (Å²) in [5, 5.41) is 4.08. The molecule has 33 heavy (non-hydrogen) atoms. The Bertz CT molecular complexity index is 1190. The lowest BCUT2D eigenvalue weighted by atomic mass is 10.2. The minimum atomic E-state index is -0.335. The molecule has 4 aromatic rings. The number of carbonyl (C=O) groups is 1. The molecular formula is C28H24N2O3. The number of rotatable bonds is 9. The van der Waals surface area contributed by atoms with Crippen molar-refractivity contribution in [3.05, 3.63) is 131 Å². The molecule has 1 amide bonds. The fourth-order valence-electron chi connectivity index (χ4n) is 3.13. The first-order chi connectivity index (χ1) is 16.3. The predicted molar refractivity (Wildman–Crippen MR) is 129 cm³/mol. The van der Waals surface area contributed by atoms with Crippen molar-refractivity contribution in [3.8, 4) is 11.5 Å². The lowest BCUT2D eigenvalue weighted by molar-refractivity contribution is 0.0950. The SMILES string of the molecule is O=C(N/N=C/c1ccc(OCc2ccccc2)cc1)c1ccccc1OCc1ccccc1. The normalized spacial score (nSPS) is 10.7. The van der Waals surface area contributed by atoms with Crippen molar-refractivity contribution in [2.75, 3.05) is 0 Å². The zero-order valence-electron chi connectivity index (χ0n) is 18.1. The Hall–Kier alpha value is -4.38. The number of ether oxygens (including phenoxy) is 2. The van der Waals surface area contributed by atoms with Gasteiger partial charge >= 0.3 is 0 Å². The van der Waals surface area contributed by atoms with E-state index in [0.717, 1.165) is 22.4 Å². The summed E-state index contributed by atoms with van der Waals surface area (Å²) < 4.78 is 11.6. The molecule has 0 atom stereocenters. The van der Waals surface area contributed by atoms with Crippen molar-refractivity contribution in [1.29, 1.82) is 0 Å². The number of hydrogen-bond acceptors (Lipinski definition) is 4. The molecule has 0 aliphatic rings. The summed E-state index contributed by atoms with van der Waals surface area (Å²) in [6.07, 6.45) is 1.59. The van der Waals surface area contributed by atoms with Crippen LogP contribution in [0.15, 0.2) is 114 Å². The summed E-state index contributed by atoms with van der Waals surface area (Å²) in [6.45, 7) is 0.892. The third kappa shape index (κ3) is 6.55. The number of amides is 1. The Morgan fingerprint density at radius 3 is 1.94 bits per heavy atom. The molecule has 5 heteroatoms. The maximum atomic E-state index is 12.6. The van der Waals surface area contributed by atoms with Gasteiger partial charge in [-0.1, -0.05) is 72.8 Å². The second kappa shape index (κ2) is 11.3. The Kier molecular flexibility index (Phi) is 7.48. The van der Waals surface area contributed by atoms with Crippen molar-refractivity contribution in [2.45, 2.75) is 13.2 Å². The molecular weight excluding hydrogens is 412 g/mol. The minimum absolute atomic E-state index is 0.335. The van der Waals surface area contributed by atoms with Crippen molar-refractivity contribution in [2.24, 2.45) is 5.10 Å². The summed E-state index contributed by atoms with van der Waals surface area (Å²) in [5.41, 5.74) is 5.98. The van der Waals surface area contributed by atoms with Gasteiger partial charge in [0.25, 0.3) is 5.91 Å². The van der Waals surface area contributed by atoms with Crippen LogP contribution in [0.4, 0.5) is 0 Å². The maximum Gasteiger partial charge on any atom is 0.275 e. The van der Waals surface area contributed by atoms with Gasteiger partial charge in [-0.05, 0) is 53.1 Å². The first kappa shape index (κ1) is 21.8. The van der Waals surface area contributed by atoms with Crippen LogP contribution in [0.1, 0.15) is 27.0 Å². The number of hydrogen-bond donors (Lipinski definition) is 1. The fourth-order valence-corrected chi connectivity index (χ4v) is 3.13. The molecule has 0 aliphatic heterocycles. The number of benzene rings is 4. The molecule has 0 bridgehead atoms. The van der Waals surface area contributed by atoms with E-state index in [4.69, 9.17) is 9.47 Å². The molecule has 0 aromatic heterocycles. The number of carbonyl (C=O) groups excluding carboxylic acids is 1. The summed E-state index contributed by atoms with van der Waals surface area (Å²) >= 11 is 0. The van der Waals surface area contributed by atoms with Crippen LogP contribution in [0.3, 0.4) is 0 Å². The van der Waals surface area contributed by atoms with Gasteiger partial charge < -0.3 is 9.47 Å². The largest absolute Gasteiger partial charge is 0.489 e. The zero-order valence-corrected chi connectivity index (χ0v) is 18.1. The molecule has 0 radical (unpaired) electrons. The maximum absolute atomic E-state index is 12.6. The van der Waals surface area contributed by atoms with Gasteiger partial charge in [-0.3, -0.25) is 4.79 Å². The van der Waals surface area contributed by atoms with E-state index in [-0.39, 0.29) is 5.91 Å². The van der Waals surface area contributed by atoms with Crippen LogP contribution in [0.25, 0.3) is 0 Å². The Morgan fingerprint density at radius 1 is 0.697 bits per heavy atom. The number of nitrogens with zero attached hydrogens (tertiary/aromatic N) is 1. The van der Waals surface area contributed by atoms with Crippen LogP contribution >= 0.6 is 0 Å². The Balaban J connectivity index is 1.31. The third-order valence-electron chi connectivity index (χ3n) is 4.88. The summed E-state index contributed by atoms with van der Waals surface area (Å²) in [6, 6.07) is 34.4. The first-order valence-electron chi connectivity index (χ1n) is 10.6. The van der Waals surface area contributed by atoms with Crippen LogP contribution in [-0.2, 0) is 13.2 Å². The van der Waals surface area contributed by atoms with Gasteiger partial charge in [0.15, 0.2) is 0 Å². The van der Waals surface area contributed by atoms with E-state index in [1.54, 1.807) is 24.4 Å². The average molecular weight is 437 g/mol. The van der Waals surface area contributed by atoms with Crippen LogP contribution < -0.4 is 14.9 Å². The molecule has 0 spiro atoms. The van der Waals surface area contributed by atoms with Gasteiger partial charge in [0.1, 0.15) is 24.7 Å². The van der Waals surface area contributed by atoms with E-state index in [2.05, 4.69) is 10.5 Å². The number of para-hydroxylation sites is 1. The molecule has 1 N–H and O–H groups in total. The van der Waals surface area contributed by atoms with Crippen molar-refractivity contribution in [1.82, 2.24) is 5.43 Å². The minimum Gasteiger partial charge on any atom is -0.489 e. The van der Waals surface area contributed by atoms with Gasteiger partial charge in [0.05, 0.1) is 11.8 Å². The monoisotopic (exact) mass is 436 g/mol. The number of nitrogens with one attached hydrogen (secondary N) is 1. The van der Waals surface area contributed by atoms with Gasteiger partial charge in [0, 0.05) is 0 Å². The molecule has 0 unspecified atom stereocenters.